The summed E-state index contributed by atoms with van der Waals surface area (Å²) >= 11 is 0. The molecule has 2 aromatic carbocycles. The van der Waals surface area contributed by atoms with Crippen molar-refractivity contribution in [1.82, 2.24) is 9.91 Å². The van der Waals surface area contributed by atoms with Crippen LogP contribution in [0.5, 0.6) is 23.0 Å². The number of ketones is 1. The van der Waals surface area contributed by atoms with Gasteiger partial charge in [-0.15, -0.1) is 0 Å². The molecule has 6 N–H and O–H groups in total. The number of Topliss-reactive ketones (excluding diaryl/α,β-unsaturated/α-hetero) is 1. The van der Waals surface area contributed by atoms with Gasteiger partial charge in [-0.05, 0) is 38.8 Å². The van der Waals surface area contributed by atoms with E-state index in [-0.39, 0.29) is 44.5 Å². The molecule has 1 fully saturated rings. The number of anilines is 1. The number of esters is 1. The third kappa shape index (κ3) is 8.62. The highest BCUT2D eigenvalue weighted by Gasteiger charge is 2.50. The van der Waals surface area contributed by atoms with Crippen LogP contribution in [0.25, 0.3) is 10.8 Å². The van der Waals surface area contributed by atoms with Crippen LogP contribution < -0.4 is 10.1 Å². The van der Waals surface area contributed by atoms with Crippen molar-refractivity contribution in [2.75, 3.05) is 52.8 Å². The van der Waals surface area contributed by atoms with Crippen molar-refractivity contribution in [3.63, 3.8) is 0 Å². The lowest BCUT2D eigenvalue weighted by Gasteiger charge is -2.37. The molecule has 6 rings (SSSR count). The molecule has 4 heterocycles. The fourth-order valence-electron chi connectivity index (χ4n) is 8.12. The molecule has 5 bridgehead atoms. The third-order valence-electron chi connectivity index (χ3n) is 12.1. The monoisotopic (exact) mass is 822 g/mol. The number of ether oxygens (including phenoxy) is 4. The van der Waals surface area contributed by atoms with Gasteiger partial charge in [-0.1, -0.05) is 45.9 Å². The largest absolute Gasteiger partial charge is 0.507 e. The van der Waals surface area contributed by atoms with E-state index in [2.05, 4.69) is 15.3 Å². The Hall–Kier alpha value is -5.16. The zero-order chi connectivity index (χ0) is 43.7. The number of allylic oxidation sites excluding steroid dienone is 2. The van der Waals surface area contributed by atoms with E-state index in [1.807, 2.05) is 7.05 Å². The number of likely N-dealkylation sites (N-methyl/N-ethyl adjacent to an activating group) is 1. The number of aliphatic hydroxyl groups excluding tert-OH is 2. The Morgan fingerprint density at radius 2 is 1.59 bits per heavy atom. The Morgan fingerprint density at radius 3 is 2.22 bits per heavy atom. The number of benzene rings is 2. The summed E-state index contributed by atoms with van der Waals surface area (Å²) in [5, 5.41) is 66.9. The molecule has 16 heteroatoms. The molecule has 0 radical (unpaired) electrons. The summed E-state index contributed by atoms with van der Waals surface area (Å²) in [7, 11) is 4.65. The van der Waals surface area contributed by atoms with Crippen molar-refractivity contribution in [1.29, 1.82) is 0 Å². The molecule has 0 aromatic heterocycles. The summed E-state index contributed by atoms with van der Waals surface area (Å²) in [4.78, 5) is 43.6. The molecule has 4 aliphatic heterocycles. The number of carbonyl (C=O) groups excluding carboxylic acids is 3. The van der Waals surface area contributed by atoms with E-state index in [4.69, 9.17) is 18.9 Å². The summed E-state index contributed by atoms with van der Waals surface area (Å²) in [5.74, 6) is -9.41. The van der Waals surface area contributed by atoms with Crippen LogP contribution in [0.4, 0.5) is 5.69 Å². The maximum absolute atomic E-state index is 14.4. The van der Waals surface area contributed by atoms with Crippen LogP contribution in [0.2, 0.25) is 0 Å². The molecule has 0 unspecified atom stereocenters. The highest BCUT2D eigenvalue weighted by atomic mass is 16.7. The first kappa shape index (κ1) is 44.9. The first-order valence-electron chi connectivity index (χ1n) is 19.7. The van der Waals surface area contributed by atoms with Crippen LogP contribution in [0, 0.1) is 36.5 Å². The van der Waals surface area contributed by atoms with Crippen molar-refractivity contribution in [3.05, 3.63) is 52.8 Å². The van der Waals surface area contributed by atoms with Gasteiger partial charge in [0.25, 0.3) is 11.7 Å². The lowest BCUT2D eigenvalue weighted by atomic mass is 9.73. The number of carbonyl (C=O) groups is 3. The molecule has 0 spiro atoms. The molecule has 4 aliphatic rings. The molecular formula is C43H58N4O12. The van der Waals surface area contributed by atoms with Gasteiger partial charge in [0, 0.05) is 68.6 Å². The number of methoxy groups -OCH3 is 2. The van der Waals surface area contributed by atoms with E-state index in [1.54, 1.807) is 44.9 Å². The minimum atomic E-state index is -2.05. The van der Waals surface area contributed by atoms with Crippen molar-refractivity contribution in [2.24, 2.45) is 34.7 Å². The second kappa shape index (κ2) is 18.0. The molecule has 16 nitrogen and oxygen atoms in total. The number of aromatic hydroxyl groups is 3. The number of amides is 1. The SMILES string of the molecule is COC(=O)[C@H]1[C@@H](C)[C@@H](O)[C@@H](C)[C@@H](O)[C@@H](C)/C=C/C=C(/C)C(=O)Nc2c(/C=N\N3CCN(C)CC3)c(O)c3c4c(c(C)c(O)c3c2O)O[C@](C)(O/C=C/[C@@H](OC)[C@H]1C)C4=O. The normalized spacial score (nSPS) is 32.1. The number of phenolic OH excluding ortho intramolecular Hbond substituents is 3. The standard InChI is InChI=1S/C43H58N4O12/c1-21-12-11-13-22(2)41(54)45-33-27(20-44-47-17-15-46(8)16-18-47)37(51)30-31(38(33)52)36(50)26(6)39-32(30)40(53)43(7,59-39)58-19-14-28(56-9)23(3)29(42(55)57-10)24(4)35(49)25(5)34(21)48/h11-14,19-21,23-25,28-29,34-35,48-52H,15-18H2,1-10H3,(H,45,54)/b12-11+,19-14+,22-13-,44-20-/t21-,23+,24+,25-,28+,29+,34-,35+,43-/m0/s1. The topological polar surface area (TPSA) is 220 Å². The van der Waals surface area contributed by atoms with E-state index in [1.165, 1.54) is 59.6 Å². The van der Waals surface area contributed by atoms with Gasteiger partial charge >= 0.3 is 11.8 Å². The van der Waals surface area contributed by atoms with Gasteiger partial charge in [-0.25, -0.2) is 0 Å². The van der Waals surface area contributed by atoms with Crippen LogP contribution >= 0.6 is 0 Å². The number of piperazine rings is 1. The molecule has 0 saturated carbocycles. The van der Waals surface area contributed by atoms with Gasteiger partial charge in [-0.3, -0.25) is 19.4 Å². The van der Waals surface area contributed by atoms with Gasteiger partial charge in [0.15, 0.2) is 5.75 Å². The minimum absolute atomic E-state index is 0.0529. The van der Waals surface area contributed by atoms with Gasteiger partial charge < -0.3 is 54.7 Å². The number of hydrazone groups is 1. The predicted molar refractivity (Wildman–Crippen MR) is 220 cm³/mol. The Labute approximate surface area is 344 Å². The predicted octanol–water partition coefficient (Wildman–Crippen LogP) is 4.19. The lowest BCUT2D eigenvalue weighted by Crippen LogP contribution is -2.45. The van der Waals surface area contributed by atoms with E-state index < -0.39 is 88.6 Å². The Balaban J connectivity index is 1.71. The number of hydrogen-bond acceptors (Lipinski definition) is 15. The molecule has 322 valence electrons. The van der Waals surface area contributed by atoms with Crippen LogP contribution in [0.3, 0.4) is 0 Å². The second-order valence-corrected chi connectivity index (χ2v) is 16.1. The zero-order valence-corrected chi connectivity index (χ0v) is 35.3. The molecule has 9 atom stereocenters. The van der Waals surface area contributed by atoms with Crippen LogP contribution in [0.1, 0.15) is 63.0 Å². The number of fused-ring (bicyclic) bond motifs is 14. The summed E-state index contributed by atoms with van der Waals surface area (Å²) in [6.45, 7) is 13.8. The van der Waals surface area contributed by atoms with Crippen molar-refractivity contribution in [2.45, 2.75) is 72.6 Å². The highest BCUT2D eigenvalue weighted by molar-refractivity contribution is 6.23. The van der Waals surface area contributed by atoms with E-state index in [0.29, 0.717) is 13.1 Å². The number of aliphatic hydroxyl groups is 2. The fourth-order valence-corrected chi connectivity index (χ4v) is 8.12. The molecule has 2 aromatic rings. The van der Waals surface area contributed by atoms with Crippen LogP contribution in [0.15, 0.2) is 41.2 Å². The summed E-state index contributed by atoms with van der Waals surface area (Å²) in [6, 6.07) is 0. The number of phenols is 3. The number of rotatable bonds is 4. The second-order valence-electron chi connectivity index (χ2n) is 16.1. The maximum atomic E-state index is 14.4. The Morgan fingerprint density at radius 1 is 0.932 bits per heavy atom. The highest BCUT2D eigenvalue weighted by Crippen LogP contribution is 2.55. The van der Waals surface area contributed by atoms with Gasteiger partial charge in [0.2, 0.25) is 0 Å². The number of nitrogens with zero attached hydrogens (tertiary/aromatic N) is 3. The number of nitrogens with one attached hydrogen (secondary N) is 1. The van der Waals surface area contributed by atoms with Crippen molar-refractivity contribution >= 4 is 40.3 Å². The minimum Gasteiger partial charge on any atom is -0.507 e. The van der Waals surface area contributed by atoms with Gasteiger partial charge in [0.05, 0.1) is 66.0 Å². The average molecular weight is 823 g/mol. The van der Waals surface area contributed by atoms with E-state index >= 15 is 0 Å². The average Bonchev–Trinajstić information content (AvgIpc) is 3.47. The third-order valence-corrected chi connectivity index (χ3v) is 12.1. The van der Waals surface area contributed by atoms with E-state index in [0.717, 1.165) is 13.1 Å². The molecule has 1 saturated heterocycles. The first-order chi connectivity index (χ1) is 27.8. The molecule has 0 aliphatic carbocycles. The quantitative estimate of drug-likeness (QED) is 0.110. The summed E-state index contributed by atoms with van der Waals surface area (Å²) in [6.07, 6.45) is 5.65. The summed E-state index contributed by atoms with van der Waals surface area (Å²) < 4.78 is 23.0. The maximum Gasteiger partial charge on any atom is 0.312 e. The van der Waals surface area contributed by atoms with Crippen molar-refractivity contribution in [3.8, 4) is 23.0 Å². The zero-order valence-electron chi connectivity index (χ0n) is 35.3. The summed E-state index contributed by atoms with van der Waals surface area (Å²) in [5.41, 5.74) is -0.364. The van der Waals surface area contributed by atoms with Crippen LogP contribution in [-0.4, -0.2) is 131 Å². The first-order valence-corrected chi connectivity index (χ1v) is 19.7. The van der Waals surface area contributed by atoms with E-state index in [9.17, 15) is 39.9 Å². The Kier molecular flexibility index (Phi) is 13.7. The fraction of sp³-hybridized carbons (Fsp3) is 0.535. The molecular weight excluding hydrogens is 764 g/mol. The van der Waals surface area contributed by atoms with Crippen LogP contribution in [-0.2, 0) is 23.8 Å². The number of hydrogen-bond donors (Lipinski definition) is 6. The molecule has 59 heavy (non-hydrogen) atoms. The lowest BCUT2D eigenvalue weighted by molar-refractivity contribution is -0.155. The van der Waals surface area contributed by atoms with Gasteiger partial charge in [0.1, 0.15) is 17.2 Å². The smallest absolute Gasteiger partial charge is 0.312 e. The molecule has 1 amide bonds. The van der Waals surface area contributed by atoms with Crippen molar-refractivity contribution < 1.29 is 58.9 Å². The Bertz CT molecular complexity index is 2070. The van der Waals surface area contributed by atoms with Gasteiger partial charge in [-0.2, -0.15) is 5.10 Å².